The topological polar surface area (TPSA) is 71.4 Å². The maximum Gasteiger partial charge on any atom is 0.218 e. The van der Waals surface area contributed by atoms with E-state index in [1.54, 1.807) is 6.07 Å². The van der Waals surface area contributed by atoms with Gasteiger partial charge in [-0.15, -0.1) is 0 Å². The van der Waals surface area contributed by atoms with E-state index in [1.807, 2.05) is 24.3 Å². The highest BCUT2D eigenvalue weighted by atomic mass is 16.6. The lowest BCUT2D eigenvalue weighted by Gasteiger charge is -2.01. The fraction of sp³-hybridized carbons (Fsp3) is 0.200. The largest absolute Gasteiger partial charge is 0.398 e. The van der Waals surface area contributed by atoms with E-state index in [-0.39, 0.29) is 0 Å². The van der Waals surface area contributed by atoms with E-state index in [4.69, 9.17) is 15.8 Å². The first-order valence-corrected chi connectivity index (χ1v) is 4.28. The SMILES string of the molecule is N#C[C@H]1CC(c2ccccc2N)=NO1. The van der Waals surface area contributed by atoms with Crippen LogP contribution in [0, 0.1) is 11.3 Å². The Morgan fingerprint density at radius 2 is 2.29 bits per heavy atom. The van der Waals surface area contributed by atoms with Crippen molar-refractivity contribution in [1.82, 2.24) is 0 Å². The molecular formula is C10H9N3O. The van der Waals surface area contributed by atoms with Crippen LogP contribution < -0.4 is 5.73 Å². The lowest BCUT2D eigenvalue weighted by atomic mass is 10.0. The van der Waals surface area contributed by atoms with E-state index in [0.29, 0.717) is 12.1 Å². The van der Waals surface area contributed by atoms with Gasteiger partial charge in [0, 0.05) is 17.7 Å². The molecule has 4 nitrogen and oxygen atoms in total. The molecule has 0 bridgehead atoms. The molecule has 1 aromatic carbocycles. The van der Waals surface area contributed by atoms with Gasteiger partial charge in [-0.25, -0.2) is 0 Å². The Balaban J connectivity index is 2.27. The van der Waals surface area contributed by atoms with Crippen molar-refractivity contribution in [3.8, 4) is 6.07 Å². The molecule has 0 saturated heterocycles. The summed E-state index contributed by atoms with van der Waals surface area (Å²) in [6.45, 7) is 0. The Morgan fingerprint density at radius 3 is 2.93 bits per heavy atom. The average Bonchev–Trinajstić information content (AvgIpc) is 2.67. The lowest BCUT2D eigenvalue weighted by Crippen LogP contribution is -2.07. The monoisotopic (exact) mass is 187 g/mol. The molecule has 1 aromatic rings. The minimum atomic E-state index is -0.468. The summed E-state index contributed by atoms with van der Waals surface area (Å²) >= 11 is 0. The van der Waals surface area contributed by atoms with Gasteiger partial charge in [0.2, 0.25) is 6.10 Å². The second-order valence-corrected chi connectivity index (χ2v) is 3.05. The summed E-state index contributed by atoms with van der Waals surface area (Å²) in [5.41, 5.74) is 8.03. The van der Waals surface area contributed by atoms with Gasteiger partial charge in [0.15, 0.2) is 0 Å². The van der Waals surface area contributed by atoms with E-state index in [2.05, 4.69) is 5.16 Å². The summed E-state index contributed by atoms with van der Waals surface area (Å²) in [5.74, 6) is 0. The third kappa shape index (κ3) is 1.40. The van der Waals surface area contributed by atoms with Crippen LogP contribution in [0.25, 0.3) is 0 Å². The van der Waals surface area contributed by atoms with Crippen LogP contribution in [0.15, 0.2) is 29.4 Å². The predicted octanol–water partition coefficient (Wildman–Crippen LogP) is 1.29. The molecule has 0 amide bonds. The third-order valence-corrected chi connectivity index (χ3v) is 2.08. The number of nitrogens with zero attached hydrogens (tertiary/aromatic N) is 2. The van der Waals surface area contributed by atoms with Crippen molar-refractivity contribution in [3.63, 3.8) is 0 Å². The minimum Gasteiger partial charge on any atom is -0.398 e. The fourth-order valence-corrected chi connectivity index (χ4v) is 1.37. The average molecular weight is 187 g/mol. The zero-order chi connectivity index (χ0) is 9.97. The highest BCUT2D eigenvalue weighted by Gasteiger charge is 2.22. The smallest absolute Gasteiger partial charge is 0.218 e. The quantitative estimate of drug-likeness (QED) is 0.673. The second kappa shape index (κ2) is 3.38. The van der Waals surface area contributed by atoms with Crippen molar-refractivity contribution >= 4 is 11.4 Å². The van der Waals surface area contributed by atoms with Crippen molar-refractivity contribution in [2.24, 2.45) is 5.16 Å². The number of benzene rings is 1. The highest BCUT2D eigenvalue weighted by molar-refractivity contribution is 6.05. The first-order valence-electron chi connectivity index (χ1n) is 4.28. The molecule has 1 aliphatic heterocycles. The molecule has 0 fully saturated rings. The zero-order valence-corrected chi connectivity index (χ0v) is 7.47. The molecule has 1 aliphatic rings. The maximum absolute atomic E-state index is 8.62. The van der Waals surface area contributed by atoms with E-state index in [1.165, 1.54) is 0 Å². The van der Waals surface area contributed by atoms with Crippen LogP contribution in [0.5, 0.6) is 0 Å². The maximum atomic E-state index is 8.62. The number of hydrogen-bond acceptors (Lipinski definition) is 4. The molecule has 4 heteroatoms. The molecule has 1 atom stereocenters. The Labute approximate surface area is 81.6 Å². The Hall–Kier alpha value is -2.02. The van der Waals surface area contributed by atoms with Gasteiger partial charge in [-0.3, -0.25) is 0 Å². The Kier molecular flexibility index (Phi) is 2.07. The fourth-order valence-electron chi connectivity index (χ4n) is 1.37. The summed E-state index contributed by atoms with van der Waals surface area (Å²) in [5, 5.41) is 12.5. The predicted molar refractivity (Wildman–Crippen MR) is 52.5 cm³/mol. The van der Waals surface area contributed by atoms with Gasteiger partial charge in [-0.1, -0.05) is 23.4 Å². The first-order chi connectivity index (χ1) is 6.81. The normalized spacial score (nSPS) is 19.6. The van der Waals surface area contributed by atoms with Crippen molar-refractivity contribution < 1.29 is 4.84 Å². The molecular weight excluding hydrogens is 178 g/mol. The zero-order valence-electron chi connectivity index (χ0n) is 7.47. The molecule has 0 radical (unpaired) electrons. The van der Waals surface area contributed by atoms with E-state index >= 15 is 0 Å². The summed E-state index contributed by atoms with van der Waals surface area (Å²) in [6, 6.07) is 9.42. The van der Waals surface area contributed by atoms with Crippen LogP contribution >= 0.6 is 0 Å². The minimum absolute atomic E-state index is 0.468. The van der Waals surface area contributed by atoms with Gasteiger partial charge in [0.05, 0.1) is 5.71 Å². The number of nitriles is 1. The lowest BCUT2D eigenvalue weighted by molar-refractivity contribution is 0.125. The number of para-hydroxylation sites is 1. The van der Waals surface area contributed by atoms with Crippen molar-refractivity contribution in [1.29, 1.82) is 5.26 Å². The molecule has 0 aromatic heterocycles. The second-order valence-electron chi connectivity index (χ2n) is 3.05. The van der Waals surface area contributed by atoms with Crippen LogP contribution in [0.1, 0.15) is 12.0 Å². The molecule has 2 rings (SSSR count). The summed E-state index contributed by atoms with van der Waals surface area (Å²) in [4.78, 5) is 4.90. The summed E-state index contributed by atoms with van der Waals surface area (Å²) < 4.78 is 0. The van der Waals surface area contributed by atoms with Crippen LogP contribution in [0.4, 0.5) is 5.69 Å². The molecule has 2 N–H and O–H groups in total. The van der Waals surface area contributed by atoms with Gasteiger partial charge >= 0.3 is 0 Å². The molecule has 1 heterocycles. The van der Waals surface area contributed by atoms with Crippen molar-refractivity contribution in [2.75, 3.05) is 5.73 Å². The van der Waals surface area contributed by atoms with E-state index in [9.17, 15) is 0 Å². The number of oxime groups is 1. The molecule has 70 valence electrons. The Bertz CT molecular complexity index is 420. The molecule has 0 saturated carbocycles. The first kappa shape index (κ1) is 8.57. The molecule has 0 unspecified atom stereocenters. The summed E-state index contributed by atoms with van der Waals surface area (Å²) in [7, 11) is 0. The highest BCUT2D eigenvalue weighted by Crippen LogP contribution is 2.20. The van der Waals surface area contributed by atoms with E-state index in [0.717, 1.165) is 11.3 Å². The third-order valence-electron chi connectivity index (χ3n) is 2.08. The number of hydrogen-bond donors (Lipinski definition) is 1. The standard InChI is InChI=1S/C10H9N3O/c11-6-7-5-10(13-14-7)8-3-1-2-4-9(8)12/h1-4,7H,5,12H2/t7-/m1/s1. The van der Waals surface area contributed by atoms with Crippen LogP contribution in [0.3, 0.4) is 0 Å². The van der Waals surface area contributed by atoms with Crippen LogP contribution in [0.2, 0.25) is 0 Å². The van der Waals surface area contributed by atoms with Gasteiger partial charge in [-0.05, 0) is 6.07 Å². The molecule has 14 heavy (non-hydrogen) atoms. The van der Waals surface area contributed by atoms with Crippen molar-refractivity contribution in [2.45, 2.75) is 12.5 Å². The van der Waals surface area contributed by atoms with Gasteiger partial charge in [0.1, 0.15) is 6.07 Å². The van der Waals surface area contributed by atoms with E-state index < -0.39 is 6.10 Å². The van der Waals surface area contributed by atoms with Gasteiger partial charge in [-0.2, -0.15) is 5.26 Å². The van der Waals surface area contributed by atoms with Gasteiger partial charge < -0.3 is 10.6 Å². The van der Waals surface area contributed by atoms with Crippen molar-refractivity contribution in [3.05, 3.63) is 29.8 Å². The van der Waals surface area contributed by atoms with Crippen LogP contribution in [-0.2, 0) is 4.84 Å². The van der Waals surface area contributed by atoms with Crippen LogP contribution in [-0.4, -0.2) is 11.8 Å². The number of anilines is 1. The van der Waals surface area contributed by atoms with Gasteiger partial charge in [0.25, 0.3) is 0 Å². The molecule has 0 aliphatic carbocycles. The number of rotatable bonds is 1. The molecule has 0 spiro atoms. The number of nitrogens with two attached hydrogens (primary N) is 1. The number of nitrogen functional groups attached to an aromatic ring is 1. The Morgan fingerprint density at radius 1 is 1.50 bits per heavy atom. The summed E-state index contributed by atoms with van der Waals surface area (Å²) in [6.07, 6.45) is 0.0367.